The molecular formula is C14H19NO. The van der Waals surface area contributed by atoms with Gasteiger partial charge in [-0.1, -0.05) is 57.2 Å². The molecule has 1 aromatic rings. The smallest absolute Gasteiger partial charge is 0.211 e. The van der Waals surface area contributed by atoms with Crippen LogP contribution in [0.2, 0.25) is 0 Å². The van der Waals surface area contributed by atoms with E-state index >= 15 is 0 Å². The Morgan fingerprint density at radius 3 is 2.19 bits per heavy atom. The predicted octanol–water partition coefficient (Wildman–Crippen LogP) is 4.24. The Balaban J connectivity index is 0.000000165. The minimum atomic E-state index is 0.646. The van der Waals surface area contributed by atoms with Gasteiger partial charge in [-0.3, -0.25) is 0 Å². The van der Waals surface area contributed by atoms with E-state index in [2.05, 4.69) is 11.9 Å². The number of hydrogen-bond acceptors (Lipinski definition) is 2. The quantitative estimate of drug-likeness (QED) is 0.511. The molecule has 0 aromatic heterocycles. The topological polar surface area (TPSA) is 29.4 Å². The molecule has 2 rings (SSSR count). The number of benzene rings is 1. The number of carbonyl (C=O) groups excluding carboxylic acids is 1. The zero-order chi connectivity index (χ0) is 11.6. The Kier molecular flexibility index (Phi) is 6.20. The fraction of sp³-hybridized carbons (Fsp3) is 0.500. The molecule has 1 fully saturated rings. The normalized spacial score (nSPS) is 15.6. The summed E-state index contributed by atoms with van der Waals surface area (Å²) >= 11 is 0. The Hall–Kier alpha value is -1.40. The van der Waals surface area contributed by atoms with E-state index in [9.17, 15) is 4.79 Å². The Morgan fingerprint density at radius 1 is 1.12 bits per heavy atom. The van der Waals surface area contributed by atoms with Gasteiger partial charge in [0.05, 0.1) is 5.69 Å². The zero-order valence-electron chi connectivity index (χ0n) is 9.86. The van der Waals surface area contributed by atoms with Crippen LogP contribution in [0.4, 0.5) is 5.69 Å². The molecule has 1 aliphatic rings. The highest BCUT2D eigenvalue weighted by molar-refractivity contribution is 5.47. The van der Waals surface area contributed by atoms with Crippen LogP contribution >= 0.6 is 0 Å². The molecular weight excluding hydrogens is 198 g/mol. The number of isocyanates is 1. The standard InChI is InChI=1S/C7H5NO.C7H14/c9-6-8-7-4-2-1-3-5-7;1-7-5-3-2-4-6-7/h1-5H;7H,2-6H2,1H3. The minimum absolute atomic E-state index is 0.646. The van der Waals surface area contributed by atoms with Crippen molar-refractivity contribution in [3.8, 4) is 0 Å². The molecule has 86 valence electrons. The van der Waals surface area contributed by atoms with Crippen molar-refractivity contribution in [1.29, 1.82) is 0 Å². The van der Waals surface area contributed by atoms with E-state index in [4.69, 9.17) is 0 Å². The molecule has 0 saturated heterocycles. The lowest BCUT2D eigenvalue weighted by Crippen LogP contribution is -1.99. The van der Waals surface area contributed by atoms with E-state index in [0.29, 0.717) is 5.69 Å². The molecule has 16 heavy (non-hydrogen) atoms. The molecule has 1 aliphatic carbocycles. The second kappa shape index (κ2) is 7.84. The summed E-state index contributed by atoms with van der Waals surface area (Å²) in [4.78, 5) is 13.1. The largest absolute Gasteiger partial charge is 0.240 e. The fourth-order valence-corrected chi connectivity index (χ4v) is 1.86. The molecule has 2 nitrogen and oxygen atoms in total. The van der Waals surface area contributed by atoms with Crippen molar-refractivity contribution >= 4 is 11.8 Å². The van der Waals surface area contributed by atoms with E-state index in [1.165, 1.54) is 38.2 Å². The van der Waals surface area contributed by atoms with Gasteiger partial charge in [0.15, 0.2) is 0 Å². The van der Waals surface area contributed by atoms with Gasteiger partial charge in [0.2, 0.25) is 6.08 Å². The lowest BCUT2D eigenvalue weighted by molar-refractivity contribution is 0.385. The molecule has 0 radical (unpaired) electrons. The first kappa shape index (κ1) is 12.7. The Labute approximate surface area is 97.4 Å². The van der Waals surface area contributed by atoms with Crippen molar-refractivity contribution in [2.75, 3.05) is 0 Å². The van der Waals surface area contributed by atoms with Crippen molar-refractivity contribution in [2.45, 2.75) is 39.0 Å². The number of aliphatic imine (C=N–C) groups is 1. The van der Waals surface area contributed by atoms with Gasteiger partial charge in [-0.05, 0) is 18.1 Å². The predicted molar refractivity (Wildman–Crippen MR) is 66.5 cm³/mol. The van der Waals surface area contributed by atoms with E-state index in [1.54, 1.807) is 12.1 Å². The third-order valence-corrected chi connectivity index (χ3v) is 2.82. The summed E-state index contributed by atoms with van der Waals surface area (Å²) in [5, 5.41) is 0. The van der Waals surface area contributed by atoms with Crippen LogP contribution in [0.5, 0.6) is 0 Å². The van der Waals surface area contributed by atoms with Crippen LogP contribution in [-0.2, 0) is 4.79 Å². The fourth-order valence-electron chi connectivity index (χ4n) is 1.86. The van der Waals surface area contributed by atoms with Crippen molar-refractivity contribution in [2.24, 2.45) is 10.9 Å². The third-order valence-electron chi connectivity index (χ3n) is 2.82. The van der Waals surface area contributed by atoms with E-state index in [0.717, 1.165) is 5.92 Å². The summed E-state index contributed by atoms with van der Waals surface area (Å²) in [6.07, 6.45) is 8.90. The highest BCUT2D eigenvalue weighted by Gasteiger charge is 2.05. The molecule has 0 amide bonds. The highest BCUT2D eigenvalue weighted by atomic mass is 16.1. The van der Waals surface area contributed by atoms with Crippen LogP contribution < -0.4 is 0 Å². The van der Waals surface area contributed by atoms with Gasteiger partial charge in [0.25, 0.3) is 0 Å². The summed E-state index contributed by atoms with van der Waals surface area (Å²) in [6, 6.07) is 8.98. The summed E-state index contributed by atoms with van der Waals surface area (Å²) in [7, 11) is 0. The second-order valence-electron chi connectivity index (χ2n) is 4.28. The van der Waals surface area contributed by atoms with Crippen LogP contribution in [0.3, 0.4) is 0 Å². The lowest BCUT2D eigenvalue weighted by Gasteiger charge is -2.15. The number of nitrogens with zero attached hydrogens (tertiary/aromatic N) is 1. The zero-order valence-corrected chi connectivity index (χ0v) is 9.86. The lowest BCUT2D eigenvalue weighted by atomic mass is 9.91. The summed E-state index contributed by atoms with van der Waals surface area (Å²) < 4.78 is 0. The van der Waals surface area contributed by atoms with Gasteiger partial charge in [-0.2, -0.15) is 4.99 Å². The average Bonchev–Trinajstić information content (AvgIpc) is 2.33. The summed E-state index contributed by atoms with van der Waals surface area (Å²) in [5.41, 5.74) is 0.646. The molecule has 1 aromatic carbocycles. The Bertz CT molecular complexity index is 322. The molecule has 0 heterocycles. The maximum absolute atomic E-state index is 9.68. The molecule has 0 spiro atoms. The second-order valence-corrected chi connectivity index (χ2v) is 4.28. The first-order valence-corrected chi connectivity index (χ1v) is 5.96. The molecule has 0 atom stereocenters. The van der Waals surface area contributed by atoms with Gasteiger partial charge in [0, 0.05) is 0 Å². The first-order valence-electron chi connectivity index (χ1n) is 5.96. The number of hydrogen-bond donors (Lipinski definition) is 0. The van der Waals surface area contributed by atoms with Gasteiger partial charge >= 0.3 is 0 Å². The monoisotopic (exact) mass is 217 g/mol. The van der Waals surface area contributed by atoms with Gasteiger partial charge in [-0.15, -0.1) is 0 Å². The SMILES string of the molecule is CC1CCCCC1.O=C=Nc1ccccc1. The first-order chi connectivity index (χ1) is 7.83. The van der Waals surface area contributed by atoms with E-state index in [-0.39, 0.29) is 0 Å². The maximum Gasteiger partial charge on any atom is 0.240 e. The molecule has 0 unspecified atom stereocenters. The van der Waals surface area contributed by atoms with Crippen molar-refractivity contribution in [3.63, 3.8) is 0 Å². The van der Waals surface area contributed by atoms with Gasteiger partial charge < -0.3 is 0 Å². The van der Waals surface area contributed by atoms with Crippen LogP contribution in [-0.4, -0.2) is 6.08 Å². The van der Waals surface area contributed by atoms with Crippen molar-refractivity contribution in [1.82, 2.24) is 0 Å². The molecule has 0 aliphatic heterocycles. The summed E-state index contributed by atoms with van der Waals surface area (Å²) in [5.74, 6) is 1.04. The van der Waals surface area contributed by atoms with Gasteiger partial charge in [0.1, 0.15) is 0 Å². The number of para-hydroxylation sites is 1. The highest BCUT2D eigenvalue weighted by Crippen LogP contribution is 2.22. The number of rotatable bonds is 1. The van der Waals surface area contributed by atoms with Crippen molar-refractivity contribution in [3.05, 3.63) is 30.3 Å². The van der Waals surface area contributed by atoms with E-state index in [1.807, 2.05) is 18.2 Å². The van der Waals surface area contributed by atoms with Crippen LogP contribution in [0.1, 0.15) is 39.0 Å². The van der Waals surface area contributed by atoms with Gasteiger partial charge in [-0.25, -0.2) is 4.79 Å². The summed E-state index contributed by atoms with van der Waals surface area (Å²) in [6.45, 7) is 2.36. The third kappa shape index (κ3) is 5.47. The molecule has 1 saturated carbocycles. The minimum Gasteiger partial charge on any atom is -0.211 e. The van der Waals surface area contributed by atoms with E-state index < -0.39 is 0 Å². The van der Waals surface area contributed by atoms with Crippen molar-refractivity contribution < 1.29 is 4.79 Å². The molecule has 0 N–H and O–H groups in total. The maximum atomic E-state index is 9.68. The van der Waals surface area contributed by atoms with Crippen LogP contribution in [0.25, 0.3) is 0 Å². The van der Waals surface area contributed by atoms with Crippen LogP contribution in [0.15, 0.2) is 35.3 Å². The molecule has 2 heteroatoms. The average molecular weight is 217 g/mol. The Morgan fingerprint density at radius 2 is 1.75 bits per heavy atom. The van der Waals surface area contributed by atoms with Crippen LogP contribution in [0, 0.1) is 5.92 Å². The molecule has 0 bridgehead atoms.